The Morgan fingerprint density at radius 2 is 1.88 bits per heavy atom. The van der Waals surface area contributed by atoms with Crippen molar-refractivity contribution < 1.29 is 4.74 Å². The smallest absolute Gasteiger partial charge is 0.194 e. The predicted octanol–water partition coefficient (Wildman–Crippen LogP) is 3.49. The number of nitrogens with zero attached hydrogens (tertiary/aromatic N) is 6. The van der Waals surface area contributed by atoms with Gasteiger partial charge in [0.1, 0.15) is 17.4 Å². The molecule has 3 heterocycles. The zero-order chi connectivity index (χ0) is 22.3. The molecule has 1 aliphatic heterocycles. The summed E-state index contributed by atoms with van der Waals surface area (Å²) in [6.07, 6.45) is 5.59. The van der Waals surface area contributed by atoms with E-state index in [0.29, 0.717) is 6.54 Å². The number of rotatable bonds is 6. The number of imidazole rings is 1. The van der Waals surface area contributed by atoms with Gasteiger partial charge in [0.2, 0.25) is 0 Å². The first-order chi connectivity index (χ1) is 15.7. The quantitative estimate of drug-likeness (QED) is 0.283. The molecule has 8 nitrogen and oxygen atoms in total. The van der Waals surface area contributed by atoms with Crippen molar-refractivity contribution in [3.05, 3.63) is 66.4 Å². The van der Waals surface area contributed by atoms with E-state index in [4.69, 9.17) is 9.73 Å². The Hall–Kier alpha value is -2.82. The summed E-state index contributed by atoms with van der Waals surface area (Å²) in [5, 5.41) is 3.44. The van der Waals surface area contributed by atoms with E-state index in [-0.39, 0.29) is 24.0 Å². The molecule has 2 aromatic heterocycles. The predicted molar refractivity (Wildman–Crippen MR) is 143 cm³/mol. The van der Waals surface area contributed by atoms with Crippen LogP contribution in [-0.4, -0.2) is 65.2 Å². The lowest BCUT2D eigenvalue weighted by atomic mass is 10.2. The average molecular weight is 561 g/mol. The summed E-state index contributed by atoms with van der Waals surface area (Å²) >= 11 is 0. The van der Waals surface area contributed by atoms with Crippen LogP contribution in [0.25, 0.3) is 5.82 Å². The second-order valence-electron chi connectivity index (χ2n) is 7.69. The third-order valence-corrected chi connectivity index (χ3v) is 5.63. The molecule has 176 valence electrons. The number of halogens is 1. The molecule has 1 aliphatic rings. The molecule has 4 rings (SSSR count). The van der Waals surface area contributed by atoms with Crippen molar-refractivity contribution in [3.63, 3.8) is 0 Å². The van der Waals surface area contributed by atoms with Gasteiger partial charge in [0, 0.05) is 51.3 Å². The lowest BCUT2D eigenvalue weighted by Gasteiger charge is -2.38. The highest BCUT2D eigenvalue weighted by Crippen LogP contribution is 2.28. The van der Waals surface area contributed by atoms with E-state index in [2.05, 4.69) is 50.2 Å². The Morgan fingerprint density at radius 3 is 2.52 bits per heavy atom. The van der Waals surface area contributed by atoms with Gasteiger partial charge in [-0.2, -0.15) is 0 Å². The molecular weight excluding hydrogens is 529 g/mol. The highest BCUT2D eigenvalue weighted by molar-refractivity contribution is 14.0. The molecule has 33 heavy (non-hydrogen) atoms. The van der Waals surface area contributed by atoms with E-state index >= 15 is 0 Å². The monoisotopic (exact) mass is 561 g/mol. The molecular formula is C24H32IN7O. The zero-order valence-electron chi connectivity index (χ0n) is 19.4. The number of anilines is 1. The molecule has 0 unspecified atom stereocenters. The normalized spacial score (nSPS) is 14.1. The molecule has 0 bridgehead atoms. The highest BCUT2D eigenvalue weighted by Gasteiger charge is 2.21. The number of benzene rings is 1. The van der Waals surface area contributed by atoms with Crippen molar-refractivity contribution in [2.24, 2.45) is 4.99 Å². The Kier molecular flexibility index (Phi) is 8.93. The summed E-state index contributed by atoms with van der Waals surface area (Å²) in [5.74, 6) is 3.65. The lowest BCUT2D eigenvalue weighted by Crippen LogP contribution is -2.52. The number of guanidine groups is 1. The van der Waals surface area contributed by atoms with Crippen LogP contribution in [0.2, 0.25) is 0 Å². The van der Waals surface area contributed by atoms with Crippen LogP contribution in [0.15, 0.2) is 60.0 Å². The number of piperazine rings is 1. The van der Waals surface area contributed by atoms with Crippen molar-refractivity contribution in [2.45, 2.75) is 20.4 Å². The maximum atomic E-state index is 5.54. The number of hydrogen-bond acceptors (Lipinski definition) is 5. The van der Waals surface area contributed by atoms with Gasteiger partial charge in [-0.05, 0) is 37.6 Å². The number of ether oxygens (including phenoxy) is 1. The molecule has 0 radical (unpaired) electrons. The number of nitrogens with one attached hydrogen (secondary N) is 1. The van der Waals surface area contributed by atoms with Gasteiger partial charge in [0.05, 0.1) is 19.3 Å². The van der Waals surface area contributed by atoms with Gasteiger partial charge in [-0.25, -0.2) is 15.0 Å². The molecule has 9 heteroatoms. The molecule has 1 N–H and O–H groups in total. The zero-order valence-corrected chi connectivity index (χ0v) is 21.8. The number of methoxy groups -OCH3 is 1. The first-order valence-electron chi connectivity index (χ1n) is 11.1. The molecule has 0 aliphatic carbocycles. The first-order valence-corrected chi connectivity index (χ1v) is 11.1. The lowest BCUT2D eigenvalue weighted by molar-refractivity contribution is 0.367. The van der Waals surface area contributed by atoms with E-state index in [1.165, 1.54) is 0 Å². The van der Waals surface area contributed by atoms with Crippen LogP contribution in [0, 0.1) is 6.92 Å². The second-order valence-corrected chi connectivity index (χ2v) is 7.69. The summed E-state index contributed by atoms with van der Waals surface area (Å²) in [5.41, 5.74) is 2.23. The van der Waals surface area contributed by atoms with Crippen molar-refractivity contribution in [1.29, 1.82) is 0 Å². The second kappa shape index (κ2) is 11.9. The largest absolute Gasteiger partial charge is 0.495 e. The number of hydrogen-bond donors (Lipinski definition) is 1. The summed E-state index contributed by atoms with van der Waals surface area (Å²) in [7, 11) is 1.73. The van der Waals surface area contributed by atoms with Crippen LogP contribution >= 0.6 is 24.0 Å². The topological polar surface area (TPSA) is 70.8 Å². The van der Waals surface area contributed by atoms with E-state index in [0.717, 1.165) is 67.3 Å². The van der Waals surface area contributed by atoms with Crippen LogP contribution in [0.3, 0.4) is 0 Å². The van der Waals surface area contributed by atoms with Gasteiger partial charge in [0.15, 0.2) is 5.96 Å². The number of aliphatic imine (C=N–C) groups is 1. The molecule has 1 saturated heterocycles. The van der Waals surface area contributed by atoms with Crippen LogP contribution in [0.4, 0.5) is 5.69 Å². The van der Waals surface area contributed by atoms with Gasteiger partial charge in [0.25, 0.3) is 0 Å². The third kappa shape index (κ3) is 5.95. The summed E-state index contributed by atoms with van der Waals surface area (Å²) in [6, 6.07) is 12.3. The Balaban J connectivity index is 0.00000306. The van der Waals surface area contributed by atoms with Crippen molar-refractivity contribution in [3.8, 4) is 11.6 Å². The minimum Gasteiger partial charge on any atom is -0.495 e. The fourth-order valence-electron chi connectivity index (χ4n) is 3.91. The summed E-state index contributed by atoms with van der Waals surface area (Å²) in [6.45, 7) is 9.15. The van der Waals surface area contributed by atoms with E-state index in [1.54, 1.807) is 13.3 Å². The van der Waals surface area contributed by atoms with Crippen LogP contribution in [-0.2, 0) is 6.54 Å². The number of aryl methyl sites for hydroxylation is 1. The van der Waals surface area contributed by atoms with Crippen molar-refractivity contribution in [1.82, 2.24) is 24.8 Å². The van der Waals surface area contributed by atoms with E-state index in [9.17, 15) is 0 Å². The van der Waals surface area contributed by atoms with Gasteiger partial charge >= 0.3 is 0 Å². The van der Waals surface area contributed by atoms with Gasteiger partial charge in [-0.15, -0.1) is 24.0 Å². The average Bonchev–Trinajstić information content (AvgIpc) is 3.28. The molecule has 0 saturated carbocycles. The van der Waals surface area contributed by atoms with Gasteiger partial charge < -0.3 is 19.9 Å². The van der Waals surface area contributed by atoms with Gasteiger partial charge in [-0.1, -0.05) is 18.2 Å². The van der Waals surface area contributed by atoms with Crippen LogP contribution in [0.5, 0.6) is 5.75 Å². The molecule has 0 spiro atoms. The van der Waals surface area contributed by atoms with E-state index in [1.807, 2.05) is 42.1 Å². The van der Waals surface area contributed by atoms with Crippen LogP contribution < -0.4 is 15.0 Å². The third-order valence-electron chi connectivity index (χ3n) is 5.63. The molecule has 1 fully saturated rings. The van der Waals surface area contributed by atoms with Crippen molar-refractivity contribution >= 4 is 35.6 Å². The molecule has 0 atom stereocenters. The Bertz CT molecular complexity index is 1040. The minimum atomic E-state index is 0. The van der Waals surface area contributed by atoms with Crippen LogP contribution in [0.1, 0.15) is 18.3 Å². The number of para-hydroxylation sites is 2. The first kappa shape index (κ1) is 24.8. The summed E-state index contributed by atoms with van der Waals surface area (Å²) < 4.78 is 7.51. The molecule has 1 aromatic carbocycles. The van der Waals surface area contributed by atoms with Gasteiger partial charge in [-0.3, -0.25) is 4.57 Å². The maximum Gasteiger partial charge on any atom is 0.194 e. The number of pyridine rings is 1. The standard InChI is InChI=1S/C24H31N7O.HI/c1-4-25-24(28-18-20-9-10-23(27-17-20)31-12-11-26-19(31)2)30-15-13-29(14-16-30)21-7-5-6-8-22(21)32-3;/h5-12,17H,4,13-16,18H2,1-3H3,(H,25,28);1H. The van der Waals surface area contributed by atoms with E-state index < -0.39 is 0 Å². The fraction of sp³-hybridized carbons (Fsp3) is 0.375. The highest BCUT2D eigenvalue weighted by atomic mass is 127. The molecule has 3 aromatic rings. The number of aromatic nitrogens is 3. The fourth-order valence-corrected chi connectivity index (χ4v) is 3.91. The Morgan fingerprint density at radius 1 is 1.09 bits per heavy atom. The van der Waals surface area contributed by atoms with Crippen molar-refractivity contribution in [2.75, 3.05) is 44.7 Å². The SMILES string of the molecule is CCNC(=NCc1ccc(-n2ccnc2C)nc1)N1CCN(c2ccccc2OC)CC1.I. The minimum absolute atomic E-state index is 0. The molecule has 0 amide bonds. The summed E-state index contributed by atoms with van der Waals surface area (Å²) in [4.78, 5) is 18.4. The maximum absolute atomic E-state index is 5.54. The Labute approximate surface area is 212 Å².